The molecule has 0 aliphatic carbocycles. The third-order valence-electron chi connectivity index (χ3n) is 5.29. The highest BCUT2D eigenvalue weighted by Gasteiger charge is 2.36. The number of carbonyl (C=O) groups is 1. The molecule has 0 aromatic carbocycles. The number of nitrogens with one attached hydrogen (secondary N) is 1. The van der Waals surface area contributed by atoms with Gasteiger partial charge < -0.3 is 5.32 Å². The van der Waals surface area contributed by atoms with Crippen LogP contribution >= 0.6 is 0 Å². The lowest BCUT2D eigenvalue weighted by Crippen LogP contribution is -2.35. The molecule has 2 heteroatoms. The molecule has 1 N–H and O–H groups in total. The molecule has 0 radical (unpaired) electrons. The highest BCUT2D eigenvalue weighted by Crippen LogP contribution is 2.41. The number of ketones is 1. The van der Waals surface area contributed by atoms with Crippen molar-refractivity contribution in [1.29, 1.82) is 0 Å². The molecule has 0 saturated heterocycles. The summed E-state index contributed by atoms with van der Waals surface area (Å²) in [7, 11) is 0. The van der Waals surface area contributed by atoms with Crippen molar-refractivity contribution in [2.24, 2.45) is 22.7 Å². The van der Waals surface area contributed by atoms with Crippen molar-refractivity contribution in [2.45, 2.75) is 87.5 Å². The number of hydrogen-bond donors (Lipinski definition) is 1. The first kappa shape index (κ1) is 21.6. The summed E-state index contributed by atoms with van der Waals surface area (Å²) in [5, 5.41) is 3.44. The van der Waals surface area contributed by atoms with Gasteiger partial charge in [-0.2, -0.15) is 0 Å². The highest BCUT2D eigenvalue weighted by atomic mass is 16.1. The van der Waals surface area contributed by atoms with Gasteiger partial charge in [0, 0.05) is 12.3 Å². The van der Waals surface area contributed by atoms with Crippen LogP contribution in [0.4, 0.5) is 0 Å². The van der Waals surface area contributed by atoms with Crippen LogP contribution in [0.3, 0.4) is 0 Å². The molecule has 0 spiro atoms. The molecule has 0 heterocycles. The highest BCUT2D eigenvalue weighted by molar-refractivity contribution is 5.81. The van der Waals surface area contributed by atoms with Gasteiger partial charge in [0.05, 0.1) is 0 Å². The monoisotopic (exact) mass is 311 g/mol. The Hall–Kier alpha value is -0.370. The second-order valence-electron chi connectivity index (χ2n) is 8.78. The summed E-state index contributed by atoms with van der Waals surface area (Å²) in [6.07, 6.45) is 4.90. The van der Waals surface area contributed by atoms with Crippen molar-refractivity contribution in [3.63, 3.8) is 0 Å². The minimum Gasteiger partial charge on any atom is -0.316 e. The van der Waals surface area contributed by atoms with Crippen molar-refractivity contribution >= 4 is 5.78 Å². The Bertz CT molecular complexity index is 318. The zero-order chi connectivity index (χ0) is 17.4. The fourth-order valence-electron chi connectivity index (χ4n) is 2.72. The molecule has 0 aromatic heterocycles. The first-order valence-corrected chi connectivity index (χ1v) is 9.29. The van der Waals surface area contributed by atoms with E-state index in [2.05, 4.69) is 60.7 Å². The predicted molar refractivity (Wildman–Crippen MR) is 98.2 cm³/mol. The van der Waals surface area contributed by atoms with Crippen LogP contribution in [0, 0.1) is 22.7 Å². The standard InChI is InChI=1S/C20H41NO/c1-9-19(5,6)14-17(20(7,8)10-2)18(22)12-11-13-21-15-16(3)4/h16-17,21H,9-15H2,1-8H3. The smallest absolute Gasteiger partial charge is 0.136 e. The fraction of sp³-hybridized carbons (Fsp3) is 0.950. The van der Waals surface area contributed by atoms with Crippen LogP contribution in [0.1, 0.15) is 87.5 Å². The average molecular weight is 312 g/mol. The van der Waals surface area contributed by atoms with Gasteiger partial charge in [0.1, 0.15) is 5.78 Å². The van der Waals surface area contributed by atoms with Crippen molar-refractivity contribution in [2.75, 3.05) is 13.1 Å². The summed E-state index contributed by atoms with van der Waals surface area (Å²) in [5.41, 5.74) is 0.359. The van der Waals surface area contributed by atoms with Crippen molar-refractivity contribution in [3.05, 3.63) is 0 Å². The van der Waals surface area contributed by atoms with E-state index < -0.39 is 0 Å². The lowest BCUT2D eigenvalue weighted by molar-refractivity contribution is -0.128. The second kappa shape index (κ2) is 9.70. The quantitative estimate of drug-likeness (QED) is 0.485. The van der Waals surface area contributed by atoms with E-state index in [0.29, 0.717) is 11.7 Å². The van der Waals surface area contributed by atoms with Crippen LogP contribution in [0.5, 0.6) is 0 Å². The predicted octanol–water partition coefficient (Wildman–Crippen LogP) is 5.46. The van der Waals surface area contributed by atoms with E-state index in [0.717, 1.165) is 45.2 Å². The molecular weight excluding hydrogens is 270 g/mol. The molecular formula is C20H41NO. The van der Waals surface area contributed by atoms with E-state index in [-0.39, 0.29) is 16.7 Å². The maximum Gasteiger partial charge on any atom is 0.136 e. The van der Waals surface area contributed by atoms with Gasteiger partial charge in [0.2, 0.25) is 0 Å². The van der Waals surface area contributed by atoms with Gasteiger partial charge >= 0.3 is 0 Å². The molecule has 0 fully saturated rings. The number of rotatable bonds is 12. The average Bonchev–Trinajstić information content (AvgIpc) is 2.43. The third-order valence-corrected chi connectivity index (χ3v) is 5.29. The molecule has 0 aliphatic heterocycles. The molecule has 1 atom stereocenters. The molecule has 0 bridgehead atoms. The number of Topliss-reactive ketones (excluding diaryl/α,β-unsaturated/α-hetero) is 1. The maximum absolute atomic E-state index is 12.8. The van der Waals surface area contributed by atoms with Gasteiger partial charge in [-0.05, 0) is 42.7 Å². The normalized spacial score (nSPS) is 14.4. The second-order valence-corrected chi connectivity index (χ2v) is 8.78. The molecule has 0 aliphatic rings. The molecule has 0 rings (SSSR count). The minimum atomic E-state index is 0.106. The van der Waals surface area contributed by atoms with Crippen LogP contribution in [0.25, 0.3) is 0 Å². The summed E-state index contributed by atoms with van der Waals surface area (Å²) < 4.78 is 0. The summed E-state index contributed by atoms with van der Waals surface area (Å²) in [4.78, 5) is 12.8. The van der Waals surface area contributed by atoms with Gasteiger partial charge in [-0.3, -0.25) is 4.79 Å². The summed E-state index contributed by atoms with van der Waals surface area (Å²) >= 11 is 0. The summed E-state index contributed by atoms with van der Waals surface area (Å²) in [6.45, 7) is 20.0. The Labute approximate surface area is 139 Å². The van der Waals surface area contributed by atoms with Gasteiger partial charge in [-0.1, -0.05) is 68.2 Å². The molecule has 0 saturated carbocycles. The third kappa shape index (κ3) is 8.31. The Balaban J connectivity index is 4.58. The van der Waals surface area contributed by atoms with Crippen LogP contribution in [-0.2, 0) is 4.79 Å². The Morgan fingerprint density at radius 1 is 1.05 bits per heavy atom. The van der Waals surface area contributed by atoms with Crippen molar-refractivity contribution in [3.8, 4) is 0 Å². The van der Waals surface area contributed by atoms with E-state index in [4.69, 9.17) is 0 Å². The van der Waals surface area contributed by atoms with E-state index in [9.17, 15) is 4.79 Å². The van der Waals surface area contributed by atoms with Gasteiger partial charge in [-0.15, -0.1) is 0 Å². The first-order chi connectivity index (χ1) is 10.1. The lowest BCUT2D eigenvalue weighted by atomic mass is 9.66. The Kier molecular flexibility index (Phi) is 9.54. The topological polar surface area (TPSA) is 29.1 Å². The molecule has 1 unspecified atom stereocenters. The van der Waals surface area contributed by atoms with E-state index >= 15 is 0 Å². The summed E-state index contributed by atoms with van der Waals surface area (Å²) in [5.74, 6) is 1.34. The van der Waals surface area contributed by atoms with Crippen LogP contribution < -0.4 is 5.32 Å². The first-order valence-electron chi connectivity index (χ1n) is 9.29. The van der Waals surface area contributed by atoms with Crippen LogP contribution in [0.2, 0.25) is 0 Å². The van der Waals surface area contributed by atoms with Crippen molar-refractivity contribution in [1.82, 2.24) is 5.32 Å². The zero-order valence-corrected chi connectivity index (χ0v) is 16.5. The van der Waals surface area contributed by atoms with E-state index in [1.165, 1.54) is 0 Å². The van der Waals surface area contributed by atoms with Gasteiger partial charge in [0.25, 0.3) is 0 Å². The fourth-order valence-corrected chi connectivity index (χ4v) is 2.72. The molecule has 132 valence electrons. The van der Waals surface area contributed by atoms with Crippen LogP contribution in [-0.4, -0.2) is 18.9 Å². The zero-order valence-electron chi connectivity index (χ0n) is 16.5. The Morgan fingerprint density at radius 2 is 1.64 bits per heavy atom. The van der Waals surface area contributed by atoms with E-state index in [1.807, 2.05) is 0 Å². The Morgan fingerprint density at radius 3 is 2.09 bits per heavy atom. The number of carbonyl (C=O) groups excluding carboxylic acids is 1. The maximum atomic E-state index is 12.8. The summed E-state index contributed by atoms with van der Waals surface area (Å²) in [6, 6.07) is 0. The molecule has 22 heavy (non-hydrogen) atoms. The minimum absolute atomic E-state index is 0.106. The molecule has 0 amide bonds. The van der Waals surface area contributed by atoms with Gasteiger partial charge in [0.15, 0.2) is 0 Å². The largest absolute Gasteiger partial charge is 0.316 e. The van der Waals surface area contributed by atoms with Gasteiger partial charge in [-0.25, -0.2) is 0 Å². The lowest BCUT2D eigenvalue weighted by Gasteiger charge is -2.38. The molecule has 0 aromatic rings. The van der Waals surface area contributed by atoms with Crippen molar-refractivity contribution < 1.29 is 4.79 Å². The molecule has 2 nitrogen and oxygen atoms in total. The number of hydrogen-bond acceptors (Lipinski definition) is 2. The van der Waals surface area contributed by atoms with E-state index in [1.54, 1.807) is 0 Å². The van der Waals surface area contributed by atoms with Crippen LogP contribution in [0.15, 0.2) is 0 Å². The SMILES string of the molecule is CCC(C)(C)CC(C(=O)CCCNCC(C)C)C(C)(C)CC.